The van der Waals surface area contributed by atoms with Gasteiger partial charge in [-0.2, -0.15) is 5.10 Å². The lowest BCUT2D eigenvalue weighted by atomic mass is 10.0. The van der Waals surface area contributed by atoms with E-state index in [2.05, 4.69) is 5.10 Å². The Bertz CT molecular complexity index is 1440. The van der Waals surface area contributed by atoms with Crippen LogP contribution in [0.3, 0.4) is 0 Å². The number of esters is 2. The molecular weight excluding hydrogens is 510 g/mol. The molecule has 4 aromatic rings. The zero-order valence-corrected chi connectivity index (χ0v) is 20.6. The maximum Gasteiger partial charge on any atom is 0.357 e. The molecule has 1 heterocycles. The molecule has 0 saturated carbocycles. The van der Waals surface area contributed by atoms with Crippen molar-refractivity contribution in [2.75, 3.05) is 14.2 Å². The van der Waals surface area contributed by atoms with E-state index in [1.165, 1.54) is 37.1 Å². The van der Waals surface area contributed by atoms with Crippen molar-refractivity contribution in [1.29, 1.82) is 0 Å². The van der Waals surface area contributed by atoms with Gasteiger partial charge in [-0.25, -0.2) is 18.7 Å². The average molecular weight is 529 g/mol. The summed E-state index contributed by atoms with van der Waals surface area (Å²) in [5.41, 5.74) is 1.21. The number of ether oxygens (including phenoxy) is 3. The molecule has 0 aliphatic carbocycles. The second kappa shape index (κ2) is 10.8. The standard InChI is InChI=1S/C26H19Cl2FN2O5/c1-34-25(32)22-23(30-31(24(22)26(33)35-2)18-6-4-3-5-7-18)19-12-16(27)9-11-21(19)36-14-15-8-10-17(29)13-20(15)28/h3-13H,14H2,1-2H3. The van der Waals surface area contributed by atoms with Gasteiger partial charge in [0.2, 0.25) is 0 Å². The summed E-state index contributed by atoms with van der Waals surface area (Å²) in [6.07, 6.45) is 0. The Morgan fingerprint density at radius 3 is 2.33 bits per heavy atom. The van der Waals surface area contributed by atoms with E-state index in [9.17, 15) is 14.0 Å². The van der Waals surface area contributed by atoms with Crippen LogP contribution in [-0.2, 0) is 16.1 Å². The van der Waals surface area contributed by atoms with Crippen molar-refractivity contribution in [2.45, 2.75) is 6.61 Å². The molecule has 0 amide bonds. The Morgan fingerprint density at radius 1 is 0.944 bits per heavy atom. The van der Waals surface area contributed by atoms with Crippen LogP contribution >= 0.6 is 23.2 Å². The van der Waals surface area contributed by atoms with Crippen LogP contribution in [0.2, 0.25) is 10.0 Å². The first-order valence-corrected chi connectivity index (χ1v) is 11.3. The molecule has 0 radical (unpaired) electrons. The number of aromatic nitrogens is 2. The summed E-state index contributed by atoms with van der Waals surface area (Å²) in [6.45, 7) is -0.00937. The van der Waals surface area contributed by atoms with Gasteiger partial charge in [-0.15, -0.1) is 0 Å². The molecule has 7 nitrogen and oxygen atoms in total. The van der Waals surface area contributed by atoms with Crippen LogP contribution in [0.4, 0.5) is 4.39 Å². The van der Waals surface area contributed by atoms with E-state index < -0.39 is 17.8 Å². The van der Waals surface area contributed by atoms with Crippen LogP contribution < -0.4 is 4.74 Å². The molecule has 0 unspecified atom stereocenters. The molecule has 0 atom stereocenters. The highest BCUT2D eigenvalue weighted by Crippen LogP contribution is 2.37. The zero-order chi connectivity index (χ0) is 25.8. The predicted molar refractivity (Wildman–Crippen MR) is 132 cm³/mol. The van der Waals surface area contributed by atoms with E-state index in [1.807, 2.05) is 0 Å². The summed E-state index contributed by atoms with van der Waals surface area (Å²) in [5, 5.41) is 5.11. The minimum Gasteiger partial charge on any atom is -0.488 e. The number of rotatable bonds is 7. The number of hydrogen-bond acceptors (Lipinski definition) is 6. The number of para-hydroxylation sites is 1. The van der Waals surface area contributed by atoms with Gasteiger partial charge in [-0.3, -0.25) is 0 Å². The van der Waals surface area contributed by atoms with E-state index in [0.717, 1.165) is 0 Å². The number of carbonyl (C=O) groups is 2. The summed E-state index contributed by atoms with van der Waals surface area (Å²) >= 11 is 12.4. The molecule has 1 aromatic heterocycles. The van der Waals surface area contributed by atoms with Crippen LogP contribution in [0, 0.1) is 5.82 Å². The van der Waals surface area contributed by atoms with Crippen molar-refractivity contribution < 1.29 is 28.2 Å². The average Bonchev–Trinajstić information content (AvgIpc) is 3.29. The second-order valence-corrected chi connectivity index (χ2v) is 8.31. The summed E-state index contributed by atoms with van der Waals surface area (Å²) in [6, 6.07) is 17.5. The fourth-order valence-electron chi connectivity index (χ4n) is 3.55. The number of halogens is 3. The number of carbonyl (C=O) groups excluding carboxylic acids is 2. The first kappa shape index (κ1) is 25.2. The molecule has 4 rings (SSSR count). The lowest BCUT2D eigenvalue weighted by Gasteiger charge is -2.13. The van der Waals surface area contributed by atoms with Crippen LogP contribution in [0.1, 0.15) is 26.4 Å². The monoisotopic (exact) mass is 528 g/mol. The maximum atomic E-state index is 13.4. The maximum absolute atomic E-state index is 13.4. The molecule has 0 saturated heterocycles. The molecule has 36 heavy (non-hydrogen) atoms. The van der Waals surface area contributed by atoms with Gasteiger partial charge in [0.05, 0.1) is 24.9 Å². The van der Waals surface area contributed by atoms with E-state index in [-0.39, 0.29) is 28.6 Å². The third-order valence-electron chi connectivity index (χ3n) is 5.25. The lowest BCUT2D eigenvalue weighted by molar-refractivity contribution is 0.0549. The molecular formula is C26H19Cl2FN2O5. The van der Waals surface area contributed by atoms with E-state index in [0.29, 0.717) is 27.6 Å². The Hall–Kier alpha value is -3.88. The Balaban J connectivity index is 1.90. The van der Waals surface area contributed by atoms with Crippen LogP contribution in [0.5, 0.6) is 5.75 Å². The Kier molecular flexibility index (Phi) is 7.57. The third-order valence-corrected chi connectivity index (χ3v) is 5.84. The smallest absolute Gasteiger partial charge is 0.357 e. The predicted octanol–water partition coefficient (Wildman–Crippen LogP) is 6.14. The quantitative estimate of drug-likeness (QED) is 0.268. The highest BCUT2D eigenvalue weighted by atomic mass is 35.5. The summed E-state index contributed by atoms with van der Waals surface area (Å²) in [4.78, 5) is 25.8. The highest BCUT2D eigenvalue weighted by Gasteiger charge is 2.32. The van der Waals surface area contributed by atoms with Gasteiger partial charge in [0.25, 0.3) is 0 Å². The van der Waals surface area contributed by atoms with Crippen LogP contribution in [0.25, 0.3) is 16.9 Å². The fraction of sp³-hybridized carbons (Fsp3) is 0.115. The number of benzene rings is 3. The molecule has 0 aliphatic heterocycles. The number of nitrogens with zero attached hydrogens (tertiary/aromatic N) is 2. The normalized spacial score (nSPS) is 10.7. The van der Waals surface area contributed by atoms with Crippen LogP contribution in [0.15, 0.2) is 66.7 Å². The van der Waals surface area contributed by atoms with Crippen LogP contribution in [-0.4, -0.2) is 35.9 Å². The van der Waals surface area contributed by atoms with Gasteiger partial charge in [0.1, 0.15) is 29.4 Å². The van der Waals surface area contributed by atoms with Gasteiger partial charge < -0.3 is 14.2 Å². The van der Waals surface area contributed by atoms with Gasteiger partial charge in [0.15, 0.2) is 5.69 Å². The summed E-state index contributed by atoms with van der Waals surface area (Å²) in [7, 11) is 2.39. The Morgan fingerprint density at radius 2 is 1.67 bits per heavy atom. The number of hydrogen-bond donors (Lipinski definition) is 0. The van der Waals surface area contributed by atoms with E-state index >= 15 is 0 Å². The minimum absolute atomic E-state index is 0.00937. The molecule has 0 fully saturated rings. The Labute approximate surface area is 215 Å². The molecule has 0 N–H and O–H groups in total. The molecule has 0 aliphatic rings. The first-order valence-electron chi connectivity index (χ1n) is 10.6. The second-order valence-electron chi connectivity index (χ2n) is 7.47. The van der Waals surface area contributed by atoms with Crippen molar-refractivity contribution in [1.82, 2.24) is 9.78 Å². The lowest BCUT2D eigenvalue weighted by Crippen LogP contribution is -2.15. The van der Waals surface area contributed by atoms with E-state index in [1.54, 1.807) is 48.5 Å². The van der Waals surface area contributed by atoms with Gasteiger partial charge in [-0.1, -0.05) is 47.5 Å². The topological polar surface area (TPSA) is 79.7 Å². The van der Waals surface area contributed by atoms with Crippen molar-refractivity contribution in [3.8, 4) is 22.7 Å². The SMILES string of the molecule is COC(=O)c1c(-c2cc(Cl)ccc2OCc2ccc(F)cc2Cl)nn(-c2ccccc2)c1C(=O)OC. The summed E-state index contributed by atoms with van der Waals surface area (Å²) < 4.78 is 30.7. The minimum atomic E-state index is -0.805. The molecule has 10 heteroatoms. The van der Waals surface area contributed by atoms with Crippen molar-refractivity contribution in [3.05, 3.63) is 99.4 Å². The van der Waals surface area contributed by atoms with Gasteiger partial charge in [-0.05, 0) is 42.5 Å². The van der Waals surface area contributed by atoms with Crippen molar-refractivity contribution >= 4 is 35.1 Å². The summed E-state index contributed by atoms with van der Waals surface area (Å²) in [5.74, 6) is -1.78. The largest absolute Gasteiger partial charge is 0.488 e. The molecule has 184 valence electrons. The van der Waals surface area contributed by atoms with E-state index in [4.69, 9.17) is 37.4 Å². The number of methoxy groups -OCH3 is 2. The zero-order valence-electron chi connectivity index (χ0n) is 19.1. The van der Waals surface area contributed by atoms with Crippen molar-refractivity contribution in [3.63, 3.8) is 0 Å². The molecule has 3 aromatic carbocycles. The third kappa shape index (κ3) is 5.05. The fourth-order valence-corrected chi connectivity index (χ4v) is 3.94. The van der Waals surface area contributed by atoms with Crippen molar-refractivity contribution in [2.24, 2.45) is 0 Å². The molecule has 0 spiro atoms. The van der Waals surface area contributed by atoms with Gasteiger partial charge in [0, 0.05) is 16.1 Å². The van der Waals surface area contributed by atoms with Gasteiger partial charge >= 0.3 is 11.9 Å². The molecule has 0 bridgehead atoms. The highest BCUT2D eigenvalue weighted by molar-refractivity contribution is 6.31. The first-order chi connectivity index (χ1) is 17.3.